The molecule has 1 aliphatic rings. The van der Waals surface area contributed by atoms with Crippen molar-refractivity contribution in [3.05, 3.63) is 35.9 Å². The summed E-state index contributed by atoms with van der Waals surface area (Å²) < 4.78 is 5.49. The molecule has 1 saturated heterocycles. The van der Waals surface area contributed by atoms with Crippen LogP contribution in [0.4, 0.5) is 0 Å². The second kappa shape index (κ2) is 6.18. The standard InChI is InChI=1S/C18H27NO2/c1-17(2,15-8-6-5-7-9-15)11-10-16(20)19-12-13-21-14-18(19,3)4/h5-9H,10-14H2,1-4H3. The number of carbonyl (C=O) groups is 1. The first-order valence-electron chi connectivity index (χ1n) is 7.77. The maximum atomic E-state index is 12.6. The van der Waals surface area contributed by atoms with E-state index in [4.69, 9.17) is 4.74 Å². The Balaban J connectivity index is 1.97. The number of ether oxygens (including phenoxy) is 1. The predicted molar refractivity (Wildman–Crippen MR) is 85.3 cm³/mol. The molecule has 0 bridgehead atoms. The normalized spacial score (nSPS) is 18.6. The molecule has 3 nitrogen and oxygen atoms in total. The first-order valence-corrected chi connectivity index (χ1v) is 7.77. The van der Waals surface area contributed by atoms with E-state index < -0.39 is 0 Å². The molecule has 0 unspecified atom stereocenters. The van der Waals surface area contributed by atoms with Crippen LogP contribution in [0.5, 0.6) is 0 Å². The molecule has 116 valence electrons. The maximum absolute atomic E-state index is 12.6. The molecule has 0 saturated carbocycles. The highest BCUT2D eigenvalue weighted by Crippen LogP contribution is 2.29. The van der Waals surface area contributed by atoms with Crippen molar-refractivity contribution in [1.29, 1.82) is 0 Å². The zero-order valence-electron chi connectivity index (χ0n) is 13.7. The topological polar surface area (TPSA) is 29.5 Å². The van der Waals surface area contributed by atoms with Crippen molar-refractivity contribution in [3.8, 4) is 0 Å². The van der Waals surface area contributed by atoms with Gasteiger partial charge in [0.2, 0.25) is 5.91 Å². The van der Waals surface area contributed by atoms with Crippen LogP contribution in [0.15, 0.2) is 30.3 Å². The molecule has 0 radical (unpaired) electrons. The molecule has 0 spiro atoms. The van der Waals surface area contributed by atoms with Gasteiger partial charge in [-0.2, -0.15) is 0 Å². The Hall–Kier alpha value is -1.35. The van der Waals surface area contributed by atoms with Crippen LogP contribution in [0.3, 0.4) is 0 Å². The Morgan fingerprint density at radius 1 is 1.29 bits per heavy atom. The van der Waals surface area contributed by atoms with Crippen LogP contribution in [0.2, 0.25) is 0 Å². The fourth-order valence-electron chi connectivity index (χ4n) is 2.91. The number of hydrogen-bond acceptors (Lipinski definition) is 2. The number of morpholine rings is 1. The lowest BCUT2D eigenvalue weighted by molar-refractivity contribution is -0.146. The first-order chi connectivity index (χ1) is 9.83. The Morgan fingerprint density at radius 2 is 1.95 bits per heavy atom. The van der Waals surface area contributed by atoms with E-state index >= 15 is 0 Å². The molecular formula is C18H27NO2. The van der Waals surface area contributed by atoms with Crippen LogP contribution in [0.25, 0.3) is 0 Å². The minimum atomic E-state index is -0.188. The molecule has 1 heterocycles. The minimum Gasteiger partial charge on any atom is -0.377 e. The van der Waals surface area contributed by atoms with Gasteiger partial charge >= 0.3 is 0 Å². The van der Waals surface area contributed by atoms with Crippen LogP contribution < -0.4 is 0 Å². The van der Waals surface area contributed by atoms with Crippen molar-refractivity contribution in [3.63, 3.8) is 0 Å². The van der Waals surface area contributed by atoms with Crippen LogP contribution in [-0.2, 0) is 14.9 Å². The summed E-state index contributed by atoms with van der Waals surface area (Å²) in [6, 6.07) is 10.4. The van der Waals surface area contributed by atoms with Gasteiger partial charge < -0.3 is 9.64 Å². The molecular weight excluding hydrogens is 262 g/mol. The van der Waals surface area contributed by atoms with Gasteiger partial charge in [0.1, 0.15) is 0 Å². The number of rotatable bonds is 4. The van der Waals surface area contributed by atoms with Crippen LogP contribution >= 0.6 is 0 Å². The molecule has 21 heavy (non-hydrogen) atoms. The van der Waals surface area contributed by atoms with Gasteiger partial charge in [-0.15, -0.1) is 0 Å². The van der Waals surface area contributed by atoms with Gasteiger partial charge in [0, 0.05) is 13.0 Å². The maximum Gasteiger partial charge on any atom is 0.223 e. The molecule has 1 aliphatic heterocycles. The Labute approximate surface area is 128 Å². The van der Waals surface area contributed by atoms with Crippen molar-refractivity contribution < 1.29 is 9.53 Å². The molecule has 1 aromatic carbocycles. The molecule has 1 aromatic rings. The molecule has 0 aliphatic carbocycles. The largest absolute Gasteiger partial charge is 0.377 e. The zero-order chi connectivity index (χ0) is 15.5. The minimum absolute atomic E-state index is 0.0212. The summed E-state index contributed by atoms with van der Waals surface area (Å²) in [6.07, 6.45) is 1.45. The van der Waals surface area contributed by atoms with E-state index in [1.807, 2.05) is 11.0 Å². The predicted octanol–water partition coefficient (Wildman–Crippen LogP) is 3.38. The summed E-state index contributed by atoms with van der Waals surface area (Å²) in [7, 11) is 0. The summed E-state index contributed by atoms with van der Waals surface area (Å²) in [6.45, 7) is 10.6. The number of nitrogens with zero attached hydrogens (tertiary/aromatic N) is 1. The second-order valence-corrected chi connectivity index (χ2v) is 7.16. The highest BCUT2D eigenvalue weighted by atomic mass is 16.5. The second-order valence-electron chi connectivity index (χ2n) is 7.16. The highest BCUT2D eigenvalue weighted by molar-refractivity contribution is 5.77. The Bertz CT molecular complexity index is 479. The van der Waals surface area contributed by atoms with Gasteiger partial charge in [0.15, 0.2) is 0 Å². The van der Waals surface area contributed by atoms with Gasteiger partial charge in [0.05, 0.1) is 18.8 Å². The highest BCUT2D eigenvalue weighted by Gasteiger charge is 2.34. The van der Waals surface area contributed by atoms with Crippen LogP contribution in [0, 0.1) is 0 Å². The van der Waals surface area contributed by atoms with E-state index in [9.17, 15) is 4.79 Å². The molecule has 0 aromatic heterocycles. The fourth-order valence-corrected chi connectivity index (χ4v) is 2.91. The fraction of sp³-hybridized carbons (Fsp3) is 0.611. The van der Waals surface area contributed by atoms with Crippen molar-refractivity contribution in [2.75, 3.05) is 19.8 Å². The van der Waals surface area contributed by atoms with Crippen molar-refractivity contribution in [1.82, 2.24) is 4.90 Å². The zero-order valence-corrected chi connectivity index (χ0v) is 13.7. The third-order valence-corrected chi connectivity index (χ3v) is 4.47. The lowest BCUT2D eigenvalue weighted by atomic mass is 9.80. The molecule has 1 amide bonds. The van der Waals surface area contributed by atoms with Crippen molar-refractivity contribution in [2.24, 2.45) is 0 Å². The molecule has 2 rings (SSSR count). The molecule has 3 heteroatoms. The van der Waals surface area contributed by atoms with Crippen LogP contribution in [0.1, 0.15) is 46.1 Å². The average molecular weight is 289 g/mol. The average Bonchev–Trinajstić information content (AvgIpc) is 2.45. The SMILES string of the molecule is CC(C)(CCC(=O)N1CCOCC1(C)C)c1ccccc1. The van der Waals surface area contributed by atoms with Crippen molar-refractivity contribution >= 4 is 5.91 Å². The van der Waals surface area contributed by atoms with Gasteiger partial charge in [0.25, 0.3) is 0 Å². The number of benzene rings is 1. The van der Waals surface area contributed by atoms with Crippen molar-refractivity contribution in [2.45, 2.75) is 51.5 Å². The van der Waals surface area contributed by atoms with Crippen LogP contribution in [-0.4, -0.2) is 36.1 Å². The Morgan fingerprint density at radius 3 is 2.57 bits per heavy atom. The third-order valence-electron chi connectivity index (χ3n) is 4.47. The number of carbonyl (C=O) groups excluding carboxylic acids is 1. The van der Waals surface area contributed by atoms with Gasteiger partial charge in [-0.1, -0.05) is 44.2 Å². The van der Waals surface area contributed by atoms with E-state index in [2.05, 4.69) is 52.0 Å². The molecule has 0 N–H and O–H groups in total. The van der Waals surface area contributed by atoms with E-state index in [1.165, 1.54) is 5.56 Å². The number of hydrogen-bond donors (Lipinski definition) is 0. The van der Waals surface area contributed by atoms with E-state index in [1.54, 1.807) is 0 Å². The summed E-state index contributed by atoms with van der Waals surface area (Å²) in [4.78, 5) is 14.5. The summed E-state index contributed by atoms with van der Waals surface area (Å²) in [5.41, 5.74) is 1.12. The summed E-state index contributed by atoms with van der Waals surface area (Å²) in [5, 5.41) is 0. The third kappa shape index (κ3) is 3.85. The van der Waals surface area contributed by atoms with E-state index in [0.29, 0.717) is 26.2 Å². The molecule has 0 atom stereocenters. The van der Waals surface area contributed by atoms with Gasteiger partial charge in [-0.25, -0.2) is 0 Å². The van der Waals surface area contributed by atoms with E-state index in [0.717, 1.165) is 6.42 Å². The summed E-state index contributed by atoms with van der Waals surface area (Å²) >= 11 is 0. The lowest BCUT2D eigenvalue weighted by Crippen LogP contribution is -2.55. The smallest absolute Gasteiger partial charge is 0.223 e. The summed E-state index contributed by atoms with van der Waals surface area (Å²) in [5.74, 6) is 0.243. The van der Waals surface area contributed by atoms with Gasteiger partial charge in [-0.05, 0) is 31.2 Å². The Kier molecular flexibility index (Phi) is 4.72. The number of amides is 1. The lowest BCUT2D eigenvalue weighted by Gasteiger charge is -2.42. The quantitative estimate of drug-likeness (QED) is 0.850. The monoisotopic (exact) mass is 289 g/mol. The molecule has 1 fully saturated rings. The van der Waals surface area contributed by atoms with E-state index in [-0.39, 0.29) is 16.9 Å². The first kappa shape index (κ1) is 16.0. The van der Waals surface area contributed by atoms with Gasteiger partial charge in [-0.3, -0.25) is 4.79 Å².